The predicted octanol–water partition coefficient (Wildman–Crippen LogP) is 4.68. The highest BCUT2D eigenvalue weighted by atomic mass is 19.1. The van der Waals surface area contributed by atoms with Gasteiger partial charge in [0, 0.05) is 66.0 Å². The van der Waals surface area contributed by atoms with Gasteiger partial charge in [-0.1, -0.05) is 6.07 Å². The number of pyridine rings is 4. The lowest BCUT2D eigenvalue weighted by molar-refractivity contribution is 0.0935. The van der Waals surface area contributed by atoms with Crippen LogP contribution < -0.4 is 16.2 Å². The molecule has 0 saturated heterocycles. The Morgan fingerprint density at radius 3 is 2.49 bits per heavy atom. The van der Waals surface area contributed by atoms with Crippen LogP contribution in [0.2, 0.25) is 0 Å². The maximum absolute atomic E-state index is 13.6. The molecule has 0 saturated carbocycles. The molecule has 0 spiro atoms. The third-order valence-electron chi connectivity index (χ3n) is 6.45. The van der Waals surface area contributed by atoms with Crippen molar-refractivity contribution in [1.29, 1.82) is 0 Å². The van der Waals surface area contributed by atoms with E-state index in [0.29, 0.717) is 39.8 Å². The first-order valence-electron chi connectivity index (χ1n) is 12.8. The molecule has 10 nitrogen and oxygen atoms in total. The molecule has 0 aliphatic rings. The zero-order chi connectivity index (χ0) is 29.1. The molecule has 5 heterocycles. The second kappa shape index (κ2) is 11.4. The van der Waals surface area contributed by atoms with Gasteiger partial charge in [-0.15, -0.1) is 0 Å². The van der Waals surface area contributed by atoms with Crippen LogP contribution in [0.5, 0.6) is 0 Å². The van der Waals surface area contributed by atoms with E-state index in [2.05, 4.69) is 35.6 Å². The summed E-state index contributed by atoms with van der Waals surface area (Å²) in [5.74, 6) is 0.178. The van der Waals surface area contributed by atoms with Crippen LogP contribution in [0.4, 0.5) is 15.9 Å². The Labute approximate surface area is 235 Å². The number of hydrogen-bond acceptors (Lipinski definition) is 8. The van der Waals surface area contributed by atoms with Gasteiger partial charge < -0.3 is 15.2 Å². The van der Waals surface area contributed by atoms with Crippen molar-refractivity contribution < 1.29 is 9.18 Å². The fourth-order valence-electron chi connectivity index (χ4n) is 4.14. The number of carbonyl (C=O) groups is 1. The second-order valence-corrected chi connectivity index (χ2v) is 9.60. The molecule has 0 radical (unpaired) electrons. The van der Waals surface area contributed by atoms with Crippen LogP contribution >= 0.6 is 0 Å². The highest BCUT2D eigenvalue weighted by Gasteiger charge is 2.15. The van der Waals surface area contributed by atoms with E-state index >= 15 is 0 Å². The highest BCUT2D eigenvalue weighted by Crippen LogP contribution is 2.23. The Bertz CT molecular complexity index is 1790. The van der Waals surface area contributed by atoms with Crippen LogP contribution in [0.25, 0.3) is 22.6 Å². The van der Waals surface area contributed by atoms with Gasteiger partial charge in [-0.2, -0.15) is 0 Å². The van der Waals surface area contributed by atoms with Gasteiger partial charge in [0.1, 0.15) is 17.3 Å². The molecular weight excluding hydrogens is 523 g/mol. The van der Waals surface area contributed by atoms with E-state index in [0.717, 1.165) is 11.3 Å². The quantitative estimate of drug-likeness (QED) is 0.299. The number of anilines is 2. The molecule has 0 aliphatic carbocycles. The van der Waals surface area contributed by atoms with Crippen molar-refractivity contribution in [1.82, 2.24) is 34.8 Å². The number of aryl methyl sites for hydroxylation is 3. The lowest BCUT2D eigenvalue weighted by Crippen LogP contribution is -2.27. The van der Waals surface area contributed by atoms with Crippen molar-refractivity contribution >= 4 is 17.4 Å². The highest BCUT2D eigenvalue weighted by molar-refractivity contribution is 5.92. The maximum Gasteiger partial charge on any atom is 0.270 e. The van der Waals surface area contributed by atoms with Crippen LogP contribution in [-0.2, 0) is 7.05 Å². The molecule has 5 rings (SSSR count). The predicted molar refractivity (Wildman–Crippen MR) is 153 cm³/mol. The van der Waals surface area contributed by atoms with Crippen LogP contribution in [-0.4, -0.2) is 35.4 Å². The average Bonchev–Trinajstić information content (AvgIpc) is 2.96. The molecule has 1 unspecified atom stereocenters. The number of nitrogens with zero attached hydrogens (tertiary/aromatic N) is 6. The summed E-state index contributed by atoms with van der Waals surface area (Å²) < 4.78 is 15.1. The van der Waals surface area contributed by atoms with Gasteiger partial charge in [0.25, 0.3) is 11.5 Å². The molecule has 1 amide bonds. The third kappa shape index (κ3) is 6.30. The van der Waals surface area contributed by atoms with E-state index in [1.165, 1.54) is 22.9 Å². The summed E-state index contributed by atoms with van der Waals surface area (Å²) in [7, 11) is 1.68. The smallest absolute Gasteiger partial charge is 0.270 e. The van der Waals surface area contributed by atoms with Gasteiger partial charge in [-0.3, -0.25) is 24.5 Å². The molecule has 5 aromatic rings. The Morgan fingerprint density at radius 2 is 1.78 bits per heavy atom. The van der Waals surface area contributed by atoms with Gasteiger partial charge in [-0.25, -0.2) is 14.4 Å². The van der Waals surface area contributed by atoms with Crippen molar-refractivity contribution in [3.8, 4) is 22.6 Å². The maximum atomic E-state index is 13.6. The molecule has 41 heavy (non-hydrogen) atoms. The van der Waals surface area contributed by atoms with E-state index in [9.17, 15) is 14.0 Å². The van der Waals surface area contributed by atoms with Crippen molar-refractivity contribution in [3.63, 3.8) is 0 Å². The molecule has 2 N–H and O–H groups in total. The summed E-state index contributed by atoms with van der Waals surface area (Å²) in [5.41, 5.74) is 4.73. The van der Waals surface area contributed by atoms with Gasteiger partial charge in [0.2, 0.25) is 0 Å². The number of carbonyl (C=O) groups excluding carboxylic acids is 1. The molecular formula is C30H27FN8O2. The van der Waals surface area contributed by atoms with E-state index in [-0.39, 0.29) is 23.2 Å². The number of halogens is 1. The van der Waals surface area contributed by atoms with Gasteiger partial charge >= 0.3 is 0 Å². The third-order valence-corrected chi connectivity index (χ3v) is 6.45. The molecule has 0 aliphatic heterocycles. The Hall–Kier alpha value is -5.32. The van der Waals surface area contributed by atoms with Crippen LogP contribution in [0.1, 0.15) is 40.4 Å². The average molecular weight is 551 g/mol. The Morgan fingerprint density at radius 1 is 0.951 bits per heavy atom. The zero-order valence-electron chi connectivity index (χ0n) is 22.9. The summed E-state index contributed by atoms with van der Waals surface area (Å²) in [6, 6.07) is 13.0. The molecule has 0 fully saturated rings. The Balaban J connectivity index is 1.27. The van der Waals surface area contributed by atoms with Crippen molar-refractivity contribution in [2.45, 2.75) is 26.8 Å². The molecule has 11 heteroatoms. The molecule has 206 valence electrons. The first kappa shape index (κ1) is 27.3. The molecule has 1 atom stereocenters. The van der Waals surface area contributed by atoms with E-state index in [4.69, 9.17) is 0 Å². The fraction of sp³-hybridized carbons (Fsp3) is 0.167. The van der Waals surface area contributed by atoms with Gasteiger partial charge in [-0.05, 0) is 56.7 Å². The van der Waals surface area contributed by atoms with Crippen molar-refractivity contribution in [2.24, 2.45) is 7.05 Å². The zero-order valence-corrected chi connectivity index (χ0v) is 22.9. The molecule has 5 aromatic heterocycles. The SMILES string of the molecule is Cc1cc(Nc2ccn(C)c(=O)c2)nc(-c2ccc(C(=O)NC(C)c3ccc(-c4cc(F)cnc4C)nc3)nc2)n1. The molecule has 0 aromatic carbocycles. The number of amides is 1. The number of nitrogens with one attached hydrogen (secondary N) is 2. The summed E-state index contributed by atoms with van der Waals surface area (Å²) in [4.78, 5) is 46.7. The minimum Gasteiger partial charge on any atom is -0.344 e. The summed E-state index contributed by atoms with van der Waals surface area (Å²) in [5, 5.41) is 6.06. The number of aromatic nitrogens is 6. The topological polar surface area (TPSA) is 128 Å². The first-order valence-corrected chi connectivity index (χ1v) is 12.8. The minimum atomic E-state index is -0.429. The van der Waals surface area contributed by atoms with Crippen molar-refractivity contribution in [3.05, 3.63) is 112 Å². The lowest BCUT2D eigenvalue weighted by Gasteiger charge is -2.15. The monoisotopic (exact) mass is 550 g/mol. The van der Waals surface area contributed by atoms with Crippen LogP contribution in [0, 0.1) is 19.7 Å². The fourth-order valence-corrected chi connectivity index (χ4v) is 4.14. The largest absolute Gasteiger partial charge is 0.344 e. The minimum absolute atomic E-state index is 0.141. The second-order valence-electron chi connectivity index (χ2n) is 9.60. The van der Waals surface area contributed by atoms with Gasteiger partial charge in [0.15, 0.2) is 5.82 Å². The van der Waals surface area contributed by atoms with Crippen LogP contribution in [0.3, 0.4) is 0 Å². The lowest BCUT2D eigenvalue weighted by atomic mass is 10.1. The number of hydrogen-bond donors (Lipinski definition) is 2. The summed E-state index contributed by atoms with van der Waals surface area (Å²) in [6.07, 6.45) is 6.04. The van der Waals surface area contributed by atoms with Crippen molar-refractivity contribution in [2.75, 3.05) is 5.32 Å². The summed E-state index contributed by atoms with van der Waals surface area (Å²) >= 11 is 0. The van der Waals surface area contributed by atoms with Crippen LogP contribution in [0.15, 0.2) is 78.1 Å². The normalized spacial score (nSPS) is 11.6. The van der Waals surface area contributed by atoms with E-state index in [1.54, 1.807) is 62.9 Å². The summed E-state index contributed by atoms with van der Waals surface area (Å²) in [6.45, 7) is 5.48. The van der Waals surface area contributed by atoms with E-state index < -0.39 is 5.82 Å². The number of rotatable bonds is 7. The van der Waals surface area contributed by atoms with Gasteiger partial charge in [0.05, 0.1) is 17.9 Å². The first-order chi connectivity index (χ1) is 19.7. The molecule has 0 bridgehead atoms. The standard InChI is InChI=1S/C30H27FN8O2/c1-17-11-27(37-23-9-10-39(4)28(40)13-23)38-29(35-17)21-6-8-26(34-15-21)30(41)36-18(2)20-5-7-25(33-14-20)24-12-22(31)16-32-19(24)3/h5-16,18H,1-4H3,(H,36,41)(H,35,37,38). The van der Waals surface area contributed by atoms with E-state index in [1.807, 2.05) is 19.9 Å². The Kier molecular flexibility index (Phi) is 7.59.